The summed E-state index contributed by atoms with van der Waals surface area (Å²) in [5, 5.41) is 13.9. The van der Waals surface area contributed by atoms with E-state index >= 15 is 0 Å². The third kappa shape index (κ3) is 3.29. The molecule has 0 aliphatic heterocycles. The van der Waals surface area contributed by atoms with Crippen LogP contribution in [0.5, 0.6) is 5.75 Å². The topological polar surface area (TPSA) is 67.2 Å². The van der Waals surface area contributed by atoms with E-state index < -0.39 is 0 Å². The first-order chi connectivity index (χ1) is 12.5. The second kappa shape index (κ2) is 7.20. The number of pyridine rings is 1. The summed E-state index contributed by atoms with van der Waals surface area (Å²) in [6.45, 7) is 5.90. The number of nitrogens with zero attached hydrogens (tertiary/aromatic N) is 2. The molecule has 4 rings (SSSR count). The smallest absolute Gasteiger partial charge is 0.228 e. The Labute approximate surface area is 153 Å². The van der Waals surface area contributed by atoms with Crippen LogP contribution in [0.1, 0.15) is 32.3 Å². The third-order valence-electron chi connectivity index (χ3n) is 4.71. The van der Waals surface area contributed by atoms with Gasteiger partial charge in [-0.3, -0.25) is 4.79 Å². The van der Waals surface area contributed by atoms with Crippen molar-refractivity contribution in [3.63, 3.8) is 0 Å². The number of carbonyl (C=O) groups excluding carboxylic acids is 1. The van der Waals surface area contributed by atoms with Gasteiger partial charge in [-0.2, -0.15) is 0 Å². The molecule has 2 N–H and O–H groups in total. The lowest BCUT2D eigenvalue weighted by molar-refractivity contribution is -0.117. The predicted octanol–water partition coefficient (Wildman–Crippen LogP) is 4.63. The monoisotopic (exact) mass is 351 g/mol. The summed E-state index contributed by atoms with van der Waals surface area (Å²) in [5.41, 5.74) is 3.82. The highest BCUT2D eigenvalue weighted by Crippen LogP contribution is 2.34. The second-order valence-electron chi connectivity index (χ2n) is 6.43. The Morgan fingerprint density at radius 2 is 2.00 bits per heavy atom. The van der Waals surface area contributed by atoms with E-state index in [2.05, 4.69) is 20.9 Å². The normalized spacial score (nSPS) is 13.2. The van der Waals surface area contributed by atoms with Crippen molar-refractivity contribution in [1.82, 2.24) is 9.55 Å². The van der Waals surface area contributed by atoms with Crippen molar-refractivity contribution < 1.29 is 9.90 Å². The minimum Gasteiger partial charge on any atom is -0.508 e. The van der Waals surface area contributed by atoms with E-state index in [-0.39, 0.29) is 17.6 Å². The summed E-state index contributed by atoms with van der Waals surface area (Å²) in [6.07, 6.45) is 3.72. The average molecular weight is 351 g/mol. The van der Waals surface area contributed by atoms with Gasteiger partial charge in [-0.1, -0.05) is 26.0 Å². The van der Waals surface area contributed by atoms with Crippen LogP contribution in [0.25, 0.3) is 22.2 Å². The molecule has 1 amide bonds. The molecule has 2 aromatic heterocycles. The van der Waals surface area contributed by atoms with Gasteiger partial charge in [0.1, 0.15) is 11.6 Å². The Kier molecular flexibility index (Phi) is 4.98. The summed E-state index contributed by atoms with van der Waals surface area (Å²) in [4.78, 5) is 16.3. The molecule has 1 aromatic carbocycles. The molecule has 5 heteroatoms. The number of carbonyl (C=O) groups is 1. The van der Waals surface area contributed by atoms with E-state index in [1.807, 2.05) is 46.0 Å². The highest BCUT2D eigenvalue weighted by Gasteiger charge is 2.29. The minimum absolute atomic E-state index is 0.0573. The summed E-state index contributed by atoms with van der Waals surface area (Å²) >= 11 is 0. The zero-order chi connectivity index (χ0) is 18.8. The van der Waals surface area contributed by atoms with E-state index in [1.54, 1.807) is 12.3 Å². The van der Waals surface area contributed by atoms with Gasteiger partial charge >= 0.3 is 0 Å². The van der Waals surface area contributed by atoms with E-state index in [0.717, 1.165) is 40.6 Å². The van der Waals surface area contributed by atoms with E-state index in [4.69, 9.17) is 0 Å². The van der Waals surface area contributed by atoms with Crippen molar-refractivity contribution in [2.75, 3.05) is 5.32 Å². The molecule has 136 valence electrons. The fourth-order valence-electron chi connectivity index (χ4n) is 3.04. The Morgan fingerprint density at radius 1 is 1.27 bits per heavy atom. The minimum atomic E-state index is 0.0573. The number of phenols is 1. The van der Waals surface area contributed by atoms with E-state index in [0.29, 0.717) is 5.82 Å². The number of hydrogen-bond donors (Lipinski definition) is 2. The molecule has 0 bridgehead atoms. The van der Waals surface area contributed by atoms with Crippen LogP contribution in [0, 0.1) is 12.8 Å². The summed E-state index contributed by atoms with van der Waals surface area (Å²) < 4.78 is 2.05. The first-order valence-corrected chi connectivity index (χ1v) is 9.10. The summed E-state index contributed by atoms with van der Waals surface area (Å²) in [7, 11) is 1.98. The number of amides is 1. The predicted molar refractivity (Wildman–Crippen MR) is 105 cm³/mol. The van der Waals surface area contributed by atoms with Crippen molar-refractivity contribution >= 4 is 22.6 Å². The number of anilines is 1. The van der Waals surface area contributed by atoms with Gasteiger partial charge in [0.15, 0.2) is 0 Å². The van der Waals surface area contributed by atoms with Crippen molar-refractivity contribution in [1.29, 1.82) is 0 Å². The number of rotatable bonds is 3. The van der Waals surface area contributed by atoms with Gasteiger partial charge in [0, 0.05) is 35.2 Å². The van der Waals surface area contributed by atoms with Crippen molar-refractivity contribution in [2.45, 2.75) is 33.6 Å². The van der Waals surface area contributed by atoms with Crippen molar-refractivity contribution in [3.8, 4) is 17.0 Å². The third-order valence-corrected chi connectivity index (χ3v) is 4.71. The van der Waals surface area contributed by atoms with Crippen LogP contribution in [0.2, 0.25) is 0 Å². The highest BCUT2D eigenvalue weighted by molar-refractivity contribution is 5.96. The van der Waals surface area contributed by atoms with E-state index in [1.165, 1.54) is 0 Å². The van der Waals surface area contributed by atoms with Gasteiger partial charge in [0.05, 0.1) is 11.7 Å². The van der Waals surface area contributed by atoms with Crippen molar-refractivity contribution in [3.05, 3.63) is 42.1 Å². The molecule has 1 aliphatic carbocycles. The first-order valence-electron chi connectivity index (χ1n) is 9.10. The molecule has 5 nitrogen and oxygen atoms in total. The zero-order valence-corrected chi connectivity index (χ0v) is 15.7. The SMILES string of the molecule is CC.Cc1c(O)cccc1-c1cc2cc(NC(=O)C3CC3)ncc2n1C. The first kappa shape index (κ1) is 18.0. The molecule has 0 unspecified atom stereocenters. The van der Waals surface area contributed by atoms with Crippen LogP contribution in [0.3, 0.4) is 0 Å². The van der Waals surface area contributed by atoms with Crippen LogP contribution in [-0.4, -0.2) is 20.6 Å². The average Bonchev–Trinajstić information content (AvgIpc) is 3.45. The van der Waals surface area contributed by atoms with Gasteiger partial charge in [-0.05, 0) is 38.0 Å². The molecule has 1 aliphatic rings. The molecule has 1 saturated carbocycles. The second-order valence-corrected chi connectivity index (χ2v) is 6.43. The largest absolute Gasteiger partial charge is 0.508 e. The van der Waals surface area contributed by atoms with Gasteiger partial charge in [-0.15, -0.1) is 0 Å². The highest BCUT2D eigenvalue weighted by atomic mass is 16.3. The molecule has 1 fully saturated rings. The molecule has 3 aromatic rings. The number of aromatic hydroxyl groups is 1. The number of aryl methyl sites for hydroxylation is 1. The number of aromatic nitrogens is 2. The molecular weight excluding hydrogens is 326 g/mol. The molecule has 0 radical (unpaired) electrons. The lowest BCUT2D eigenvalue weighted by Gasteiger charge is -2.09. The lowest BCUT2D eigenvalue weighted by atomic mass is 10.0. The Bertz CT molecular complexity index is 955. The lowest BCUT2D eigenvalue weighted by Crippen LogP contribution is -2.14. The summed E-state index contributed by atoms with van der Waals surface area (Å²) in [6, 6.07) is 9.48. The van der Waals surface area contributed by atoms with Crippen LogP contribution in [-0.2, 0) is 11.8 Å². The Hall–Kier alpha value is -2.82. The summed E-state index contributed by atoms with van der Waals surface area (Å²) in [5.74, 6) is 1.09. The number of nitrogens with one attached hydrogen (secondary N) is 1. The van der Waals surface area contributed by atoms with Crippen molar-refractivity contribution in [2.24, 2.45) is 13.0 Å². The maximum absolute atomic E-state index is 11.9. The molecule has 0 saturated heterocycles. The van der Waals surface area contributed by atoms with Gasteiger partial charge in [0.2, 0.25) is 5.91 Å². The number of fused-ring (bicyclic) bond motifs is 1. The molecule has 26 heavy (non-hydrogen) atoms. The molecule has 0 atom stereocenters. The van der Waals surface area contributed by atoms with Gasteiger partial charge in [0.25, 0.3) is 0 Å². The van der Waals surface area contributed by atoms with Crippen LogP contribution >= 0.6 is 0 Å². The Morgan fingerprint density at radius 3 is 2.69 bits per heavy atom. The number of benzene rings is 1. The molecule has 2 heterocycles. The maximum atomic E-state index is 11.9. The molecule has 0 spiro atoms. The zero-order valence-electron chi connectivity index (χ0n) is 15.7. The Balaban J connectivity index is 0.000000948. The van der Waals surface area contributed by atoms with Crippen LogP contribution in [0.4, 0.5) is 5.82 Å². The number of hydrogen-bond acceptors (Lipinski definition) is 3. The van der Waals surface area contributed by atoms with Crippen LogP contribution in [0.15, 0.2) is 36.5 Å². The fourth-order valence-corrected chi connectivity index (χ4v) is 3.04. The molecular formula is C21H25N3O2. The standard InChI is InChI=1S/C19H19N3O2.C2H6/c1-11-14(4-3-5-17(11)23)15-8-13-9-18(20-10-16(13)22(15)2)21-19(24)12-6-7-12;1-2/h3-5,8-10,12,23H,6-7H2,1-2H3,(H,20,21,24);1-2H3. The fraction of sp³-hybridized carbons (Fsp3) is 0.333. The van der Waals surface area contributed by atoms with Gasteiger partial charge in [-0.25, -0.2) is 4.98 Å². The maximum Gasteiger partial charge on any atom is 0.228 e. The van der Waals surface area contributed by atoms with E-state index in [9.17, 15) is 9.90 Å². The quantitative estimate of drug-likeness (QED) is 0.723. The van der Waals surface area contributed by atoms with Crippen LogP contribution < -0.4 is 5.32 Å². The van der Waals surface area contributed by atoms with Gasteiger partial charge < -0.3 is 15.0 Å². The number of phenolic OH excluding ortho intramolecular Hbond substituents is 1.